The van der Waals surface area contributed by atoms with Gasteiger partial charge in [0.1, 0.15) is 0 Å². The van der Waals surface area contributed by atoms with E-state index in [1.807, 2.05) is 37.3 Å². The van der Waals surface area contributed by atoms with Crippen molar-refractivity contribution in [1.82, 2.24) is 9.97 Å². The first-order valence-corrected chi connectivity index (χ1v) is 8.36. The lowest BCUT2D eigenvalue weighted by atomic mass is 10.1. The third-order valence-corrected chi connectivity index (χ3v) is 3.61. The number of ether oxygens (including phenoxy) is 1. The summed E-state index contributed by atoms with van der Waals surface area (Å²) in [6.45, 7) is 2.32. The number of H-pyrrole nitrogens is 1. The molecule has 2 N–H and O–H groups in total. The van der Waals surface area contributed by atoms with Gasteiger partial charge in [-0.25, -0.2) is 9.78 Å². The van der Waals surface area contributed by atoms with Gasteiger partial charge in [-0.2, -0.15) is 0 Å². The van der Waals surface area contributed by atoms with Crippen LogP contribution in [0.15, 0.2) is 65.5 Å². The number of esters is 1. The normalized spacial score (nSPS) is 10.3. The van der Waals surface area contributed by atoms with Crippen LogP contribution in [-0.2, 0) is 4.74 Å². The Labute approximate surface area is 150 Å². The number of aromatic amines is 1. The van der Waals surface area contributed by atoms with Crippen LogP contribution < -0.4 is 10.9 Å². The summed E-state index contributed by atoms with van der Waals surface area (Å²) >= 11 is 0. The molecule has 0 saturated carbocycles. The Bertz CT molecular complexity index is 952. The maximum absolute atomic E-state index is 12.0. The molecular formula is C20H19N3O3. The van der Waals surface area contributed by atoms with Gasteiger partial charge in [0.2, 0.25) is 5.95 Å². The van der Waals surface area contributed by atoms with E-state index in [0.29, 0.717) is 29.5 Å². The van der Waals surface area contributed by atoms with Gasteiger partial charge in [-0.3, -0.25) is 9.78 Å². The van der Waals surface area contributed by atoms with Gasteiger partial charge in [0.05, 0.1) is 17.9 Å². The second-order valence-electron chi connectivity index (χ2n) is 5.69. The van der Waals surface area contributed by atoms with Crippen LogP contribution >= 0.6 is 0 Å². The molecule has 3 aromatic rings. The molecule has 0 saturated heterocycles. The van der Waals surface area contributed by atoms with Gasteiger partial charge in [-0.15, -0.1) is 0 Å². The Morgan fingerprint density at radius 2 is 1.92 bits per heavy atom. The molecule has 1 aromatic heterocycles. The highest BCUT2D eigenvalue weighted by atomic mass is 16.5. The lowest BCUT2D eigenvalue weighted by Crippen LogP contribution is -2.11. The van der Waals surface area contributed by atoms with Crippen molar-refractivity contribution in [2.45, 2.75) is 13.3 Å². The van der Waals surface area contributed by atoms with E-state index in [2.05, 4.69) is 15.3 Å². The molecule has 132 valence electrons. The lowest BCUT2D eigenvalue weighted by Gasteiger charge is -2.09. The van der Waals surface area contributed by atoms with Crippen LogP contribution in [0, 0.1) is 0 Å². The second-order valence-corrected chi connectivity index (χ2v) is 5.69. The SMILES string of the molecule is CCCOC(=O)c1cccc(Nc2nc(-c3ccccc3)cc(=O)[nH]2)c1. The van der Waals surface area contributed by atoms with Crippen molar-refractivity contribution in [3.63, 3.8) is 0 Å². The summed E-state index contributed by atoms with van der Waals surface area (Å²) in [4.78, 5) is 31.0. The molecule has 26 heavy (non-hydrogen) atoms. The van der Waals surface area contributed by atoms with E-state index in [4.69, 9.17) is 4.74 Å². The fraction of sp³-hybridized carbons (Fsp3) is 0.150. The number of carbonyl (C=O) groups is 1. The van der Waals surface area contributed by atoms with Crippen LogP contribution in [0.25, 0.3) is 11.3 Å². The van der Waals surface area contributed by atoms with E-state index in [9.17, 15) is 9.59 Å². The van der Waals surface area contributed by atoms with E-state index in [0.717, 1.165) is 12.0 Å². The van der Waals surface area contributed by atoms with Crippen molar-refractivity contribution in [3.8, 4) is 11.3 Å². The summed E-state index contributed by atoms with van der Waals surface area (Å²) in [5.41, 5.74) is 2.21. The van der Waals surface area contributed by atoms with E-state index < -0.39 is 0 Å². The van der Waals surface area contributed by atoms with Gasteiger partial charge in [0.15, 0.2) is 0 Å². The maximum atomic E-state index is 12.0. The summed E-state index contributed by atoms with van der Waals surface area (Å²) in [5, 5.41) is 3.03. The topological polar surface area (TPSA) is 84.1 Å². The standard InChI is InChI=1S/C20H19N3O3/c1-2-11-26-19(25)15-9-6-10-16(12-15)21-20-22-17(13-18(24)23-20)14-7-4-3-5-8-14/h3-10,12-13H,2,11H2,1H3,(H2,21,22,23,24). The average Bonchev–Trinajstić information content (AvgIpc) is 2.66. The largest absolute Gasteiger partial charge is 0.462 e. The highest BCUT2D eigenvalue weighted by molar-refractivity contribution is 5.90. The third kappa shape index (κ3) is 4.36. The van der Waals surface area contributed by atoms with Crippen LogP contribution in [-0.4, -0.2) is 22.5 Å². The van der Waals surface area contributed by atoms with Gasteiger partial charge in [0.25, 0.3) is 5.56 Å². The minimum Gasteiger partial charge on any atom is -0.462 e. The van der Waals surface area contributed by atoms with Gasteiger partial charge in [-0.05, 0) is 24.6 Å². The summed E-state index contributed by atoms with van der Waals surface area (Å²) in [6.07, 6.45) is 0.765. The van der Waals surface area contributed by atoms with Gasteiger partial charge in [0, 0.05) is 17.3 Å². The van der Waals surface area contributed by atoms with Crippen LogP contribution in [0.2, 0.25) is 0 Å². The highest BCUT2D eigenvalue weighted by Gasteiger charge is 2.09. The molecule has 3 rings (SSSR count). The number of nitrogens with zero attached hydrogens (tertiary/aromatic N) is 1. The fourth-order valence-electron chi connectivity index (χ4n) is 2.41. The number of aromatic nitrogens is 2. The van der Waals surface area contributed by atoms with E-state index in [1.54, 1.807) is 24.3 Å². The molecule has 0 fully saturated rings. The van der Waals surface area contributed by atoms with Crippen LogP contribution in [0.1, 0.15) is 23.7 Å². The molecule has 0 aliphatic heterocycles. The second kappa shape index (κ2) is 8.11. The number of benzene rings is 2. The molecule has 6 heteroatoms. The van der Waals surface area contributed by atoms with Gasteiger partial charge in [-0.1, -0.05) is 43.3 Å². The van der Waals surface area contributed by atoms with Crippen molar-refractivity contribution < 1.29 is 9.53 Å². The zero-order chi connectivity index (χ0) is 18.4. The quantitative estimate of drug-likeness (QED) is 0.662. The van der Waals surface area contributed by atoms with Gasteiger partial charge < -0.3 is 10.1 Å². The number of nitrogens with one attached hydrogen (secondary N) is 2. The molecule has 0 radical (unpaired) electrons. The maximum Gasteiger partial charge on any atom is 0.338 e. The molecule has 0 amide bonds. The average molecular weight is 349 g/mol. The smallest absolute Gasteiger partial charge is 0.338 e. The Hall–Kier alpha value is -3.41. The van der Waals surface area contributed by atoms with Crippen molar-refractivity contribution in [2.75, 3.05) is 11.9 Å². The first-order chi connectivity index (χ1) is 12.7. The van der Waals surface area contributed by atoms with Crippen molar-refractivity contribution in [3.05, 3.63) is 76.6 Å². The summed E-state index contributed by atoms with van der Waals surface area (Å²) < 4.78 is 5.14. The van der Waals surface area contributed by atoms with E-state index >= 15 is 0 Å². The fourth-order valence-corrected chi connectivity index (χ4v) is 2.41. The lowest BCUT2D eigenvalue weighted by molar-refractivity contribution is 0.0505. The molecule has 0 spiro atoms. The molecule has 0 unspecified atom stereocenters. The number of hydrogen-bond acceptors (Lipinski definition) is 5. The van der Waals surface area contributed by atoms with E-state index in [-0.39, 0.29) is 11.5 Å². The molecule has 0 aliphatic carbocycles. The molecule has 1 heterocycles. The number of rotatable bonds is 6. The predicted molar refractivity (Wildman–Crippen MR) is 101 cm³/mol. The van der Waals surface area contributed by atoms with Crippen LogP contribution in [0.4, 0.5) is 11.6 Å². The monoisotopic (exact) mass is 349 g/mol. The minimum absolute atomic E-state index is 0.264. The highest BCUT2D eigenvalue weighted by Crippen LogP contribution is 2.19. The molecular weight excluding hydrogens is 330 g/mol. The Balaban J connectivity index is 1.84. The Morgan fingerprint density at radius 1 is 1.12 bits per heavy atom. The van der Waals surface area contributed by atoms with E-state index in [1.165, 1.54) is 6.07 Å². The molecule has 0 bridgehead atoms. The summed E-state index contributed by atoms with van der Waals surface area (Å²) in [7, 11) is 0. The zero-order valence-corrected chi connectivity index (χ0v) is 14.4. The summed E-state index contributed by atoms with van der Waals surface area (Å²) in [5.74, 6) is -0.0783. The minimum atomic E-state index is -0.380. The van der Waals surface area contributed by atoms with Crippen molar-refractivity contribution in [1.29, 1.82) is 0 Å². The number of carbonyl (C=O) groups excluding carboxylic acids is 1. The summed E-state index contributed by atoms with van der Waals surface area (Å²) in [6, 6.07) is 17.7. The van der Waals surface area contributed by atoms with Gasteiger partial charge >= 0.3 is 5.97 Å². The molecule has 6 nitrogen and oxygen atoms in total. The zero-order valence-electron chi connectivity index (χ0n) is 14.4. The van der Waals surface area contributed by atoms with Crippen molar-refractivity contribution in [2.24, 2.45) is 0 Å². The Kier molecular flexibility index (Phi) is 5.43. The molecule has 0 atom stereocenters. The predicted octanol–water partition coefficient (Wildman–Crippen LogP) is 3.75. The van der Waals surface area contributed by atoms with Crippen LogP contribution in [0.5, 0.6) is 0 Å². The van der Waals surface area contributed by atoms with Crippen molar-refractivity contribution >= 4 is 17.6 Å². The van der Waals surface area contributed by atoms with Crippen LogP contribution in [0.3, 0.4) is 0 Å². The first-order valence-electron chi connectivity index (χ1n) is 8.36. The Morgan fingerprint density at radius 3 is 2.69 bits per heavy atom. The first kappa shape index (κ1) is 17.4. The molecule has 2 aromatic carbocycles. The number of hydrogen-bond donors (Lipinski definition) is 2. The third-order valence-electron chi connectivity index (χ3n) is 3.61. The molecule has 0 aliphatic rings. The number of anilines is 2.